The lowest BCUT2D eigenvalue weighted by molar-refractivity contribution is -0.128. The van der Waals surface area contributed by atoms with Crippen LogP contribution >= 0.6 is 0 Å². The fourth-order valence-corrected chi connectivity index (χ4v) is 0.845. The van der Waals surface area contributed by atoms with Gasteiger partial charge < -0.3 is 15.8 Å². The molecule has 76 valence electrons. The van der Waals surface area contributed by atoms with Crippen molar-refractivity contribution in [1.29, 1.82) is 0 Å². The molecule has 0 atom stereocenters. The molecule has 0 aromatic carbocycles. The molecule has 0 heterocycles. The van der Waals surface area contributed by atoms with Gasteiger partial charge in [-0.25, -0.2) is 0 Å². The Morgan fingerprint density at radius 3 is 2.69 bits per heavy atom. The van der Waals surface area contributed by atoms with Crippen molar-refractivity contribution in [2.24, 2.45) is 10.9 Å². The largest absolute Gasteiger partial charge is 0.409 e. The number of rotatable bonds is 5. The van der Waals surface area contributed by atoms with Crippen LogP contribution in [0.5, 0.6) is 0 Å². The maximum absolute atomic E-state index is 11.3. The van der Waals surface area contributed by atoms with Gasteiger partial charge in [0.05, 0.1) is 6.42 Å². The Labute approximate surface area is 78.2 Å². The van der Waals surface area contributed by atoms with E-state index in [2.05, 4.69) is 12.1 Å². The zero-order valence-corrected chi connectivity index (χ0v) is 8.16. The SMILES string of the molecule is CCCCN(C)C(=O)C/C(N)=N/O. The monoisotopic (exact) mass is 187 g/mol. The number of nitrogens with zero attached hydrogens (tertiary/aromatic N) is 2. The summed E-state index contributed by atoms with van der Waals surface area (Å²) >= 11 is 0. The number of hydrogen-bond acceptors (Lipinski definition) is 3. The highest BCUT2D eigenvalue weighted by atomic mass is 16.4. The van der Waals surface area contributed by atoms with Crippen LogP contribution in [0.3, 0.4) is 0 Å². The molecule has 0 unspecified atom stereocenters. The Bertz CT molecular complexity index is 192. The smallest absolute Gasteiger partial charge is 0.230 e. The van der Waals surface area contributed by atoms with E-state index < -0.39 is 0 Å². The van der Waals surface area contributed by atoms with E-state index in [-0.39, 0.29) is 18.2 Å². The Morgan fingerprint density at radius 1 is 1.62 bits per heavy atom. The molecular weight excluding hydrogens is 170 g/mol. The number of amides is 1. The van der Waals surface area contributed by atoms with E-state index in [1.165, 1.54) is 0 Å². The van der Waals surface area contributed by atoms with Crippen LogP contribution in [0.1, 0.15) is 26.2 Å². The molecular formula is C8H17N3O2. The number of unbranched alkanes of at least 4 members (excludes halogenated alkanes) is 1. The van der Waals surface area contributed by atoms with Crippen molar-refractivity contribution in [2.45, 2.75) is 26.2 Å². The molecule has 0 radical (unpaired) electrons. The summed E-state index contributed by atoms with van der Waals surface area (Å²) in [5.74, 6) is -0.169. The van der Waals surface area contributed by atoms with Gasteiger partial charge in [0.2, 0.25) is 5.91 Å². The number of hydrogen-bond donors (Lipinski definition) is 2. The topological polar surface area (TPSA) is 78.9 Å². The third kappa shape index (κ3) is 5.05. The van der Waals surface area contributed by atoms with Crippen LogP contribution in [-0.2, 0) is 4.79 Å². The van der Waals surface area contributed by atoms with Crippen molar-refractivity contribution >= 4 is 11.7 Å². The molecule has 0 aliphatic rings. The van der Waals surface area contributed by atoms with Crippen molar-refractivity contribution in [2.75, 3.05) is 13.6 Å². The minimum absolute atomic E-state index is 0.0171. The Morgan fingerprint density at radius 2 is 2.23 bits per heavy atom. The van der Waals surface area contributed by atoms with E-state index in [0.717, 1.165) is 12.8 Å². The van der Waals surface area contributed by atoms with Gasteiger partial charge in [-0.15, -0.1) is 0 Å². The number of oxime groups is 1. The van der Waals surface area contributed by atoms with Crippen LogP contribution in [0.2, 0.25) is 0 Å². The first-order valence-corrected chi connectivity index (χ1v) is 4.32. The minimum Gasteiger partial charge on any atom is -0.409 e. The molecule has 0 aliphatic heterocycles. The summed E-state index contributed by atoms with van der Waals surface area (Å²) < 4.78 is 0. The lowest BCUT2D eigenvalue weighted by Crippen LogP contribution is -2.31. The maximum atomic E-state index is 11.3. The van der Waals surface area contributed by atoms with Gasteiger partial charge >= 0.3 is 0 Å². The molecule has 0 fully saturated rings. The summed E-state index contributed by atoms with van der Waals surface area (Å²) in [7, 11) is 1.71. The van der Waals surface area contributed by atoms with Gasteiger partial charge in [0.1, 0.15) is 5.84 Å². The molecule has 0 aromatic rings. The van der Waals surface area contributed by atoms with Gasteiger partial charge in [0, 0.05) is 13.6 Å². The highest BCUT2D eigenvalue weighted by molar-refractivity contribution is 5.98. The molecule has 0 bridgehead atoms. The summed E-state index contributed by atoms with van der Waals surface area (Å²) in [5.41, 5.74) is 5.19. The normalized spacial score (nSPS) is 11.4. The second-order valence-electron chi connectivity index (χ2n) is 2.94. The summed E-state index contributed by atoms with van der Waals surface area (Å²) in [4.78, 5) is 12.9. The van der Waals surface area contributed by atoms with E-state index in [0.29, 0.717) is 6.54 Å². The highest BCUT2D eigenvalue weighted by Crippen LogP contribution is 1.95. The van der Waals surface area contributed by atoms with E-state index in [9.17, 15) is 4.79 Å². The Balaban J connectivity index is 3.82. The summed E-state index contributed by atoms with van der Waals surface area (Å²) in [6.45, 7) is 2.77. The van der Waals surface area contributed by atoms with Gasteiger partial charge in [0.25, 0.3) is 0 Å². The minimum atomic E-state index is -0.122. The number of carbonyl (C=O) groups excluding carboxylic acids is 1. The third-order valence-corrected chi connectivity index (χ3v) is 1.73. The molecule has 0 rings (SSSR count). The third-order valence-electron chi connectivity index (χ3n) is 1.73. The van der Waals surface area contributed by atoms with Crippen LogP contribution in [0, 0.1) is 0 Å². The maximum Gasteiger partial charge on any atom is 0.230 e. The zero-order valence-electron chi connectivity index (χ0n) is 8.16. The predicted molar refractivity (Wildman–Crippen MR) is 50.6 cm³/mol. The van der Waals surface area contributed by atoms with E-state index in [4.69, 9.17) is 10.9 Å². The molecule has 3 N–H and O–H groups in total. The number of nitrogens with two attached hydrogens (primary N) is 1. The standard InChI is InChI=1S/C8H17N3O2/c1-3-4-5-11(2)8(12)6-7(9)10-13/h13H,3-6H2,1-2H3,(H2,9,10). The van der Waals surface area contributed by atoms with Crippen molar-refractivity contribution in [3.8, 4) is 0 Å². The molecule has 1 amide bonds. The van der Waals surface area contributed by atoms with Crippen molar-refractivity contribution in [3.05, 3.63) is 0 Å². The zero-order chi connectivity index (χ0) is 10.3. The van der Waals surface area contributed by atoms with Gasteiger partial charge in [-0.3, -0.25) is 4.79 Å². The fraction of sp³-hybridized carbons (Fsp3) is 0.750. The molecule has 0 saturated carbocycles. The second-order valence-corrected chi connectivity index (χ2v) is 2.94. The molecule has 13 heavy (non-hydrogen) atoms. The Kier molecular flexibility index (Phi) is 5.67. The van der Waals surface area contributed by atoms with Gasteiger partial charge in [-0.1, -0.05) is 18.5 Å². The van der Waals surface area contributed by atoms with Crippen molar-refractivity contribution in [1.82, 2.24) is 4.90 Å². The predicted octanol–water partition coefficient (Wildman–Crippen LogP) is 0.381. The summed E-state index contributed by atoms with van der Waals surface area (Å²) in [5, 5.41) is 11.0. The fourth-order valence-electron chi connectivity index (χ4n) is 0.845. The van der Waals surface area contributed by atoms with E-state index >= 15 is 0 Å². The summed E-state index contributed by atoms with van der Waals surface area (Å²) in [6, 6.07) is 0. The lowest BCUT2D eigenvalue weighted by Gasteiger charge is -2.15. The molecule has 0 aromatic heterocycles. The first-order chi connectivity index (χ1) is 6.11. The van der Waals surface area contributed by atoms with Crippen LogP contribution in [-0.4, -0.2) is 35.4 Å². The molecule has 0 spiro atoms. The van der Waals surface area contributed by atoms with Crippen molar-refractivity contribution < 1.29 is 10.0 Å². The average molecular weight is 187 g/mol. The Hall–Kier alpha value is -1.26. The molecule has 0 saturated heterocycles. The van der Waals surface area contributed by atoms with Crippen molar-refractivity contribution in [3.63, 3.8) is 0 Å². The van der Waals surface area contributed by atoms with Crippen LogP contribution in [0.15, 0.2) is 5.16 Å². The first-order valence-electron chi connectivity index (χ1n) is 4.32. The molecule has 5 heteroatoms. The number of carbonyl (C=O) groups is 1. The first kappa shape index (κ1) is 11.7. The number of amidine groups is 1. The van der Waals surface area contributed by atoms with Crippen LogP contribution in [0.4, 0.5) is 0 Å². The van der Waals surface area contributed by atoms with E-state index in [1.54, 1.807) is 11.9 Å². The van der Waals surface area contributed by atoms with Crippen LogP contribution in [0.25, 0.3) is 0 Å². The van der Waals surface area contributed by atoms with Gasteiger partial charge in [-0.05, 0) is 6.42 Å². The van der Waals surface area contributed by atoms with Crippen LogP contribution < -0.4 is 5.73 Å². The lowest BCUT2D eigenvalue weighted by atomic mass is 10.3. The van der Waals surface area contributed by atoms with Gasteiger partial charge in [-0.2, -0.15) is 0 Å². The molecule has 0 aliphatic carbocycles. The van der Waals surface area contributed by atoms with Gasteiger partial charge in [0.15, 0.2) is 0 Å². The molecule has 5 nitrogen and oxygen atoms in total. The second kappa shape index (κ2) is 6.28. The highest BCUT2D eigenvalue weighted by Gasteiger charge is 2.09. The average Bonchev–Trinajstić information content (AvgIpc) is 2.13. The summed E-state index contributed by atoms with van der Waals surface area (Å²) in [6.07, 6.45) is 2.00. The van der Waals surface area contributed by atoms with E-state index in [1.807, 2.05) is 0 Å². The quantitative estimate of drug-likeness (QED) is 0.283.